The highest BCUT2D eigenvalue weighted by molar-refractivity contribution is 5.27. The van der Waals surface area contributed by atoms with Gasteiger partial charge in [-0.3, -0.25) is 0 Å². The Labute approximate surface area is 94.9 Å². The number of nitrogens with one attached hydrogen (secondary N) is 1. The van der Waals surface area contributed by atoms with Gasteiger partial charge in [0.25, 0.3) is 0 Å². The van der Waals surface area contributed by atoms with E-state index in [1.165, 1.54) is 12.1 Å². The number of halogens is 2. The van der Waals surface area contributed by atoms with Crippen molar-refractivity contribution in [1.82, 2.24) is 5.32 Å². The van der Waals surface area contributed by atoms with Gasteiger partial charge in [-0.15, -0.1) is 0 Å². The van der Waals surface area contributed by atoms with Crippen LogP contribution in [0.25, 0.3) is 0 Å². The topological polar surface area (TPSA) is 12.0 Å². The van der Waals surface area contributed by atoms with Gasteiger partial charge in [-0.25, -0.2) is 8.78 Å². The van der Waals surface area contributed by atoms with E-state index < -0.39 is 11.6 Å². The van der Waals surface area contributed by atoms with Crippen LogP contribution in [0.5, 0.6) is 0 Å². The van der Waals surface area contributed by atoms with E-state index >= 15 is 0 Å². The van der Waals surface area contributed by atoms with Gasteiger partial charge in [0, 0.05) is 6.07 Å². The van der Waals surface area contributed by atoms with Crippen molar-refractivity contribution in [2.75, 3.05) is 13.1 Å². The lowest BCUT2D eigenvalue weighted by Gasteiger charge is -2.03. The zero-order valence-electron chi connectivity index (χ0n) is 9.47. The molecular weight excluding hydrogens is 208 g/mol. The average molecular weight is 225 g/mol. The van der Waals surface area contributed by atoms with Crippen LogP contribution in [0.2, 0.25) is 0 Å². The molecule has 1 N–H and O–H groups in total. The summed E-state index contributed by atoms with van der Waals surface area (Å²) in [6, 6.07) is 3.83. The molecule has 16 heavy (non-hydrogen) atoms. The third-order valence-electron chi connectivity index (χ3n) is 3.07. The molecule has 1 saturated carbocycles. The van der Waals surface area contributed by atoms with Crippen LogP contribution in [-0.2, 0) is 0 Å². The molecule has 1 aliphatic rings. The Hall–Kier alpha value is -0.960. The van der Waals surface area contributed by atoms with Crippen molar-refractivity contribution < 1.29 is 8.78 Å². The molecule has 0 heterocycles. The molecule has 2 rings (SSSR count). The fraction of sp³-hybridized carbons (Fsp3) is 0.538. The Morgan fingerprint density at radius 3 is 2.56 bits per heavy atom. The van der Waals surface area contributed by atoms with Crippen LogP contribution in [0.1, 0.15) is 31.2 Å². The van der Waals surface area contributed by atoms with Gasteiger partial charge in [0.1, 0.15) is 11.6 Å². The summed E-state index contributed by atoms with van der Waals surface area (Å²) in [7, 11) is 0. The third kappa shape index (κ3) is 2.79. The van der Waals surface area contributed by atoms with Gasteiger partial charge in [0.15, 0.2) is 0 Å². The highest BCUT2D eigenvalue weighted by Crippen LogP contribution is 2.47. The third-order valence-corrected chi connectivity index (χ3v) is 3.07. The zero-order chi connectivity index (χ0) is 11.5. The zero-order valence-corrected chi connectivity index (χ0v) is 9.47. The molecule has 1 aliphatic carbocycles. The number of benzene rings is 1. The van der Waals surface area contributed by atoms with E-state index in [1.807, 2.05) is 0 Å². The van der Waals surface area contributed by atoms with E-state index in [1.54, 1.807) is 0 Å². The number of hydrogen-bond donors (Lipinski definition) is 1. The minimum absolute atomic E-state index is 0.342. The van der Waals surface area contributed by atoms with Crippen LogP contribution >= 0.6 is 0 Å². The molecule has 88 valence electrons. The molecule has 0 amide bonds. The smallest absolute Gasteiger partial charge is 0.126 e. The lowest BCUT2D eigenvalue weighted by Crippen LogP contribution is -2.17. The van der Waals surface area contributed by atoms with Crippen LogP contribution in [0.3, 0.4) is 0 Å². The molecular formula is C13H17F2N. The molecule has 2 atom stereocenters. The normalized spacial score (nSPS) is 23.4. The van der Waals surface area contributed by atoms with E-state index in [2.05, 4.69) is 12.2 Å². The van der Waals surface area contributed by atoms with Gasteiger partial charge >= 0.3 is 0 Å². The van der Waals surface area contributed by atoms with Crippen molar-refractivity contribution in [3.63, 3.8) is 0 Å². The molecule has 0 saturated heterocycles. The van der Waals surface area contributed by atoms with E-state index in [9.17, 15) is 8.78 Å². The molecule has 0 radical (unpaired) electrons. The van der Waals surface area contributed by atoms with Gasteiger partial charge in [-0.2, -0.15) is 0 Å². The fourth-order valence-corrected chi connectivity index (χ4v) is 2.13. The van der Waals surface area contributed by atoms with Crippen molar-refractivity contribution >= 4 is 0 Å². The Morgan fingerprint density at radius 1 is 1.25 bits per heavy atom. The van der Waals surface area contributed by atoms with Crippen LogP contribution in [-0.4, -0.2) is 13.1 Å². The summed E-state index contributed by atoms with van der Waals surface area (Å²) >= 11 is 0. The second kappa shape index (κ2) is 4.91. The minimum atomic E-state index is -0.470. The van der Waals surface area contributed by atoms with E-state index in [-0.39, 0.29) is 0 Å². The Bertz CT molecular complexity index is 345. The van der Waals surface area contributed by atoms with Crippen LogP contribution < -0.4 is 5.32 Å². The van der Waals surface area contributed by atoms with Gasteiger partial charge < -0.3 is 5.32 Å². The summed E-state index contributed by atoms with van der Waals surface area (Å²) < 4.78 is 26.0. The molecule has 0 spiro atoms. The Kier molecular flexibility index (Phi) is 3.54. The largest absolute Gasteiger partial charge is 0.316 e. The standard InChI is InChI=1S/C13H17F2N/c1-2-3-16-8-10-6-13(10)9-4-11(14)7-12(15)5-9/h4-5,7,10,13,16H,2-3,6,8H2,1H3. The number of hydrogen-bond acceptors (Lipinski definition) is 1. The first-order chi connectivity index (χ1) is 7.70. The lowest BCUT2D eigenvalue weighted by molar-refractivity contribution is 0.576. The van der Waals surface area contributed by atoms with Crippen molar-refractivity contribution in [3.05, 3.63) is 35.4 Å². The maximum Gasteiger partial charge on any atom is 0.126 e. The van der Waals surface area contributed by atoms with E-state index in [0.717, 1.165) is 37.6 Å². The van der Waals surface area contributed by atoms with Crippen molar-refractivity contribution in [1.29, 1.82) is 0 Å². The molecule has 1 aromatic rings. The van der Waals surface area contributed by atoms with Gasteiger partial charge in [-0.1, -0.05) is 6.92 Å². The molecule has 0 aliphatic heterocycles. The quantitative estimate of drug-likeness (QED) is 0.759. The summed E-state index contributed by atoms with van der Waals surface area (Å²) in [6.07, 6.45) is 2.16. The molecule has 0 bridgehead atoms. The highest BCUT2D eigenvalue weighted by atomic mass is 19.1. The fourth-order valence-electron chi connectivity index (χ4n) is 2.13. The highest BCUT2D eigenvalue weighted by Gasteiger charge is 2.38. The van der Waals surface area contributed by atoms with Crippen LogP contribution in [0.15, 0.2) is 18.2 Å². The molecule has 2 unspecified atom stereocenters. The maximum atomic E-state index is 13.0. The first-order valence-corrected chi connectivity index (χ1v) is 5.87. The summed E-state index contributed by atoms with van der Waals surface area (Å²) in [6.45, 7) is 4.09. The van der Waals surface area contributed by atoms with Crippen molar-refractivity contribution in [2.24, 2.45) is 5.92 Å². The van der Waals surface area contributed by atoms with Crippen molar-refractivity contribution in [3.8, 4) is 0 Å². The predicted molar refractivity (Wildman–Crippen MR) is 60.4 cm³/mol. The van der Waals surface area contributed by atoms with E-state index in [0.29, 0.717) is 11.8 Å². The predicted octanol–water partition coefficient (Wildman–Crippen LogP) is 3.07. The Morgan fingerprint density at radius 2 is 1.94 bits per heavy atom. The molecule has 1 aromatic carbocycles. The molecule has 1 nitrogen and oxygen atoms in total. The van der Waals surface area contributed by atoms with Crippen molar-refractivity contribution in [2.45, 2.75) is 25.7 Å². The number of rotatable bonds is 5. The summed E-state index contributed by atoms with van der Waals surface area (Å²) in [5.74, 6) is -0.0494. The summed E-state index contributed by atoms with van der Waals surface area (Å²) in [5.41, 5.74) is 0.806. The lowest BCUT2D eigenvalue weighted by atomic mass is 10.1. The SMILES string of the molecule is CCCNCC1CC1c1cc(F)cc(F)c1. The second-order valence-corrected chi connectivity index (χ2v) is 4.51. The maximum absolute atomic E-state index is 13.0. The first kappa shape index (κ1) is 11.5. The van der Waals surface area contributed by atoms with Gasteiger partial charge in [0.05, 0.1) is 0 Å². The first-order valence-electron chi connectivity index (χ1n) is 5.87. The monoisotopic (exact) mass is 225 g/mol. The molecule has 1 fully saturated rings. The van der Waals surface area contributed by atoms with Gasteiger partial charge in [-0.05, 0) is 55.5 Å². The van der Waals surface area contributed by atoms with Gasteiger partial charge in [0.2, 0.25) is 0 Å². The van der Waals surface area contributed by atoms with Crippen LogP contribution in [0, 0.1) is 17.6 Å². The Balaban J connectivity index is 1.90. The second-order valence-electron chi connectivity index (χ2n) is 4.51. The summed E-state index contributed by atoms with van der Waals surface area (Å²) in [4.78, 5) is 0. The molecule has 0 aromatic heterocycles. The minimum Gasteiger partial charge on any atom is -0.316 e. The summed E-state index contributed by atoms with van der Waals surface area (Å²) in [5, 5.41) is 3.34. The van der Waals surface area contributed by atoms with E-state index in [4.69, 9.17) is 0 Å². The molecule has 3 heteroatoms. The average Bonchev–Trinajstić information content (AvgIpc) is 2.96. The van der Waals surface area contributed by atoms with Crippen LogP contribution in [0.4, 0.5) is 8.78 Å².